The van der Waals surface area contributed by atoms with Gasteiger partial charge in [-0.25, -0.2) is 4.98 Å². The molecule has 4 aromatic heterocycles. The Morgan fingerprint density at radius 2 is 1.96 bits per heavy atom. The minimum absolute atomic E-state index is 0.119. The molecule has 0 atom stereocenters. The fourth-order valence-electron chi connectivity index (χ4n) is 2.57. The highest BCUT2D eigenvalue weighted by atomic mass is 16.3. The molecule has 0 saturated carbocycles. The maximum atomic E-state index is 12.8. The molecule has 1 amide bonds. The summed E-state index contributed by atoms with van der Waals surface area (Å²) < 4.78 is 6.69. The lowest BCUT2D eigenvalue weighted by molar-refractivity contribution is 0.102. The van der Waals surface area contributed by atoms with E-state index >= 15 is 0 Å². The lowest BCUT2D eigenvalue weighted by Crippen LogP contribution is -2.23. The van der Waals surface area contributed by atoms with E-state index in [1.807, 2.05) is 6.07 Å². The van der Waals surface area contributed by atoms with Crippen LogP contribution in [0.2, 0.25) is 0 Å². The molecule has 8 nitrogen and oxygen atoms in total. The molecule has 8 heteroatoms. The number of nitrogens with one attached hydrogen (secondary N) is 1. The van der Waals surface area contributed by atoms with Crippen molar-refractivity contribution in [2.24, 2.45) is 0 Å². The maximum absolute atomic E-state index is 12.8. The minimum atomic E-state index is -0.463. The van der Waals surface area contributed by atoms with Gasteiger partial charge in [-0.05, 0) is 23.8 Å². The number of fused-ring (bicyclic) bond motifs is 1. The fourth-order valence-corrected chi connectivity index (χ4v) is 2.57. The molecule has 4 aromatic rings. The van der Waals surface area contributed by atoms with E-state index in [1.165, 1.54) is 23.4 Å². The molecule has 0 fully saturated rings. The van der Waals surface area contributed by atoms with Gasteiger partial charge >= 0.3 is 0 Å². The summed E-state index contributed by atoms with van der Waals surface area (Å²) in [5.74, 6) is -0.463. The number of nitrogens with zero attached hydrogens (tertiary/aromatic N) is 4. The molecule has 0 aliphatic heterocycles. The van der Waals surface area contributed by atoms with Crippen molar-refractivity contribution in [1.82, 2.24) is 19.5 Å². The summed E-state index contributed by atoms with van der Waals surface area (Å²) >= 11 is 0. The van der Waals surface area contributed by atoms with Crippen LogP contribution in [0.15, 0.2) is 70.9 Å². The summed E-state index contributed by atoms with van der Waals surface area (Å²) in [6.45, 7) is 0.296. The molecule has 4 rings (SSSR count). The van der Waals surface area contributed by atoms with Crippen LogP contribution >= 0.6 is 0 Å². The van der Waals surface area contributed by atoms with Gasteiger partial charge in [-0.1, -0.05) is 6.07 Å². The van der Waals surface area contributed by atoms with Gasteiger partial charge in [0.25, 0.3) is 11.5 Å². The zero-order chi connectivity index (χ0) is 17.9. The van der Waals surface area contributed by atoms with E-state index in [0.29, 0.717) is 12.2 Å². The zero-order valence-corrected chi connectivity index (χ0v) is 13.5. The Bertz CT molecular complexity index is 1120. The van der Waals surface area contributed by atoms with Gasteiger partial charge in [0, 0.05) is 18.6 Å². The lowest BCUT2D eigenvalue weighted by Gasteiger charge is -2.05. The van der Waals surface area contributed by atoms with Gasteiger partial charge in [-0.2, -0.15) is 0 Å². The van der Waals surface area contributed by atoms with Crippen LogP contribution in [0, 0.1) is 0 Å². The molecule has 0 bridgehead atoms. The van der Waals surface area contributed by atoms with E-state index in [1.54, 1.807) is 36.8 Å². The van der Waals surface area contributed by atoms with Crippen molar-refractivity contribution in [2.75, 3.05) is 5.32 Å². The predicted octanol–water partition coefficient (Wildman–Crippen LogP) is 2.08. The van der Waals surface area contributed by atoms with Gasteiger partial charge < -0.3 is 9.73 Å². The number of carbonyl (C=O) groups is 1. The Kier molecular flexibility index (Phi) is 3.98. The van der Waals surface area contributed by atoms with E-state index in [-0.39, 0.29) is 22.2 Å². The quantitative estimate of drug-likeness (QED) is 0.606. The number of rotatable bonds is 4. The summed E-state index contributed by atoms with van der Waals surface area (Å²) in [6, 6.07) is 7.05. The Hall–Kier alpha value is -3.81. The van der Waals surface area contributed by atoms with Crippen LogP contribution in [-0.4, -0.2) is 25.4 Å². The fraction of sp³-hybridized carbons (Fsp3) is 0.0556. The van der Waals surface area contributed by atoms with Crippen LogP contribution in [0.3, 0.4) is 0 Å². The third kappa shape index (κ3) is 2.95. The lowest BCUT2D eigenvalue weighted by atomic mass is 10.2. The molecule has 0 aliphatic carbocycles. The van der Waals surface area contributed by atoms with Crippen LogP contribution < -0.4 is 10.9 Å². The van der Waals surface area contributed by atoms with Crippen LogP contribution in [0.4, 0.5) is 5.69 Å². The van der Waals surface area contributed by atoms with Crippen molar-refractivity contribution < 1.29 is 9.21 Å². The summed E-state index contributed by atoms with van der Waals surface area (Å²) in [7, 11) is 0. The summed E-state index contributed by atoms with van der Waals surface area (Å²) in [4.78, 5) is 37.4. The Morgan fingerprint density at radius 3 is 2.69 bits per heavy atom. The minimum Gasteiger partial charge on any atom is -0.445 e. The highest BCUT2D eigenvalue weighted by molar-refractivity contribution is 6.11. The molecule has 0 radical (unpaired) electrons. The number of anilines is 1. The normalized spacial score (nSPS) is 10.8. The van der Waals surface area contributed by atoms with Crippen LogP contribution in [0.1, 0.15) is 15.9 Å². The van der Waals surface area contributed by atoms with E-state index < -0.39 is 5.91 Å². The van der Waals surface area contributed by atoms with Crippen LogP contribution in [0.25, 0.3) is 11.1 Å². The molecule has 1 N–H and O–H groups in total. The number of hydrogen-bond donors (Lipinski definition) is 1. The maximum Gasteiger partial charge on any atom is 0.265 e. The van der Waals surface area contributed by atoms with E-state index in [9.17, 15) is 9.59 Å². The van der Waals surface area contributed by atoms with Crippen molar-refractivity contribution in [1.29, 1.82) is 0 Å². The molecule has 0 aromatic carbocycles. The molecular weight excluding hydrogens is 334 g/mol. The second-order valence-electron chi connectivity index (χ2n) is 5.56. The topological polar surface area (TPSA) is 103 Å². The van der Waals surface area contributed by atoms with Gasteiger partial charge in [0.2, 0.25) is 5.71 Å². The largest absolute Gasteiger partial charge is 0.445 e. The smallest absolute Gasteiger partial charge is 0.265 e. The average molecular weight is 347 g/mol. The second kappa shape index (κ2) is 6.60. The average Bonchev–Trinajstić information content (AvgIpc) is 3.11. The standard InChI is InChI=1S/C18H13N5O3/c24-16(22-13-4-2-6-20-8-13)14-10-26-17-15(14)18(25)23(11-21-17)9-12-3-1-5-19-7-12/h1-8,10-11H,9H2,(H,22,24). The first-order valence-corrected chi connectivity index (χ1v) is 7.79. The van der Waals surface area contributed by atoms with Crippen molar-refractivity contribution in [3.63, 3.8) is 0 Å². The predicted molar refractivity (Wildman–Crippen MR) is 93.8 cm³/mol. The van der Waals surface area contributed by atoms with Gasteiger partial charge in [-0.15, -0.1) is 0 Å². The first kappa shape index (κ1) is 15.7. The first-order valence-electron chi connectivity index (χ1n) is 7.79. The van der Waals surface area contributed by atoms with E-state index in [4.69, 9.17) is 4.42 Å². The Balaban J connectivity index is 1.71. The first-order chi connectivity index (χ1) is 12.7. The summed E-state index contributed by atoms with van der Waals surface area (Å²) in [5.41, 5.74) is 1.26. The van der Waals surface area contributed by atoms with Gasteiger partial charge in [0.15, 0.2) is 0 Å². The Morgan fingerprint density at radius 1 is 1.15 bits per heavy atom. The number of pyridine rings is 2. The van der Waals surface area contributed by atoms with Crippen LogP contribution in [-0.2, 0) is 6.54 Å². The van der Waals surface area contributed by atoms with E-state index in [0.717, 1.165) is 5.56 Å². The highest BCUT2D eigenvalue weighted by Gasteiger charge is 2.19. The number of carbonyl (C=O) groups excluding carboxylic acids is 1. The van der Waals surface area contributed by atoms with E-state index in [2.05, 4.69) is 20.3 Å². The van der Waals surface area contributed by atoms with Crippen molar-refractivity contribution >= 4 is 22.7 Å². The molecule has 0 aliphatic rings. The van der Waals surface area contributed by atoms with Gasteiger partial charge in [-0.3, -0.25) is 24.1 Å². The zero-order valence-electron chi connectivity index (χ0n) is 13.5. The molecule has 4 heterocycles. The summed E-state index contributed by atoms with van der Waals surface area (Å²) in [5, 5.41) is 2.82. The van der Waals surface area contributed by atoms with Gasteiger partial charge in [0.1, 0.15) is 18.0 Å². The third-order valence-corrected chi connectivity index (χ3v) is 3.80. The number of hydrogen-bond acceptors (Lipinski definition) is 6. The Labute approximate surface area is 147 Å². The van der Waals surface area contributed by atoms with Crippen molar-refractivity contribution in [3.8, 4) is 0 Å². The monoisotopic (exact) mass is 347 g/mol. The van der Waals surface area contributed by atoms with Crippen molar-refractivity contribution in [3.05, 3.63) is 83.1 Å². The molecule has 0 saturated heterocycles. The summed E-state index contributed by atoms with van der Waals surface area (Å²) in [6.07, 6.45) is 9.07. The third-order valence-electron chi connectivity index (χ3n) is 3.80. The number of furan rings is 1. The number of aromatic nitrogens is 4. The van der Waals surface area contributed by atoms with Crippen LogP contribution in [0.5, 0.6) is 0 Å². The molecule has 0 spiro atoms. The second-order valence-corrected chi connectivity index (χ2v) is 5.56. The SMILES string of the molecule is O=C(Nc1cccnc1)c1coc2ncn(Cc3cccnc3)c(=O)c12. The van der Waals surface area contributed by atoms with Crippen molar-refractivity contribution in [2.45, 2.75) is 6.54 Å². The molecule has 128 valence electrons. The number of amides is 1. The van der Waals surface area contributed by atoms with Gasteiger partial charge in [0.05, 0.1) is 24.0 Å². The molecule has 26 heavy (non-hydrogen) atoms. The molecular formula is C18H13N5O3. The highest BCUT2D eigenvalue weighted by Crippen LogP contribution is 2.17. The molecule has 0 unspecified atom stereocenters.